The summed E-state index contributed by atoms with van der Waals surface area (Å²) < 4.78 is 30.9. The number of nitrogens with zero attached hydrogens (tertiary/aromatic N) is 4. The number of thioether (sulfide) groups is 1. The van der Waals surface area contributed by atoms with Crippen LogP contribution in [0.2, 0.25) is 0 Å². The Morgan fingerprint density at radius 2 is 1.93 bits per heavy atom. The molecule has 30 heavy (non-hydrogen) atoms. The van der Waals surface area contributed by atoms with Gasteiger partial charge in [0.1, 0.15) is 0 Å². The summed E-state index contributed by atoms with van der Waals surface area (Å²) in [6, 6.07) is 14.4. The van der Waals surface area contributed by atoms with Gasteiger partial charge in [-0.2, -0.15) is 4.98 Å². The molecule has 156 valence electrons. The van der Waals surface area contributed by atoms with Crippen LogP contribution >= 0.6 is 11.8 Å². The SMILES string of the molecule is CCCn1c(SC(C)c2nc(-c3ccccc3)no2)nc2cc(S(N)(=O)=O)ccc21. The van der Waals surface area contributed by atoms with Gasteiger partial charge in [-0.05, 0) is 31.5 Å². The van der Waals surface area contributed by atoms with E-state index in [9.17, 15) is 8.42 Å². The van der Waals surface area contributed by atoms with E-state index in [4.69, 9.17) is 9.66 Å². The first-order valence-corrected chi connectivity index (χ1v) is 11.9. The summed E-state index contributed by atoms with van der Waals surface area (Å²) in [5.41, 5.74) is 2.33. The van der Waals surface area contributed by atoms with Crippen molar-refractivity contribution in [2.45, 2.75) is 42.1 Å². The Hall–Kier alpha value is -2.69. The molecule has 0 amide bonds. The van der Waals surface area contributed by atoms with Crippen molar-refractivity contribution in [3.63, 3.8) is 0 Å². The molecule has 0 aliphatic rings. The summed E-state index contributed by atoms with van der Waals surface area (Å²) >= 11 is 1.49. The number of primary sulfonamides is 1. The molecule has 2 heterocycles. The zero-order valence-electron chi connectivity index (χ0n) is 16.5. The lowest BCUT2D eigenvalue weighted by molar-refractivity contribution is 0.380. The zero-order chi connectivity index (χ0) is 21.3. The van der Waals surface area contributed by atoms with Gasteiger partial charge in [0.05, 0.1) is 21.2 Å². The lowest BCUT2D eigenvalue weighted by Crippen LogP contribution is -2.11. The summed E-state index contributed by atoms with van der Waals surface area (Å²) in [7, 11) is -3.79. The highest BCUT2D eigenvalue weighted by Crippen LogP contribution is 2.36. The van der Waals surface area contributed by atoms with Crippen molar-refractivity contribution >= 4 is 32.8 Å². The van der Waals surface area contributed by atoms with Crippen LogP contribution in [0.4, 0.5) is 0 Å². The van der Waals surface area contributed by atoms with E-state index in [-0.39, 0.29) is 10.1 Å². The van der Waals surface area contributed by atoms with Crippen molar-refractivity contribution < 1.29 is 12.9 Å². The lowest BCUT2D eigenvalue weighted by atomic mass is 10.2. The summed E-state index contributed by atoms with van der Waals surface area (Å²) in [6.07, 6.45) is 0.906. The Labute approximate surface area is 178 Å². The van der Waals surface area contributed by atoms with E-state index in [1.165, 1.54) is 23.9 Å². The van der Waals surface area contributed by atoms with Crippen molar-refractivity contribution in [2.24, 2.45) is 5.14 Å². The number of sulfonamides is 1. The van der Waals surface area contributed by atoms with Gasteiger partial charge in [0.25, 0.3) is 0 Å². The van der Waals surface area contributed by atoms with E-state index in [0.29, 0.717) is 17.2 Å². The van der Waals surface area contributed by atoms with E-state index in [0.717, 1.165) is 29.2 Å². The van der Waals surface area contributed by atoms with Gasteiger partial charge in [0.15, 0.2) is 5.16 Å². The molecule has 0 spiro atoms. The minimum atomic E-state index is -3.79. The fourth-order valence-electron chi connectivity index (χ4n) is 3.11. The van der Waals surface area contributed by atoms with Gasteiger partial charge < -0.3 is 9.09 Å². The molecular weight excluding hydrogens is 422 g/mol. The van der Waals surface area contributed by atoms with E-state index >= 15 is 0 Å². The fourth-order valence-corrected chi connectivity index (χ4v) is 4.62. The van der Waals surface area contributed by atoms with Crippen LogP contribution in [0.5, 0.6) is 0 Å². The van der Waals surface area contributed by atoms with Gasteiger partial charge >= 0.3 is 0 Å². The van der Waals surface area contributed by atoms with Crippen molar-refractivity contribution in [1.29, 1.82) is 0 Å². The third-order valence-electron chi connectivity index (χ3n) is 4.56. The number of benzene rings is 2. The maximum atomic E-state index is 11.7. The first-order valence-electron chi connectivity index (χ1n) is 9.45. The van der Waals surface area contributed by atoms with Crippen molar-refractivity contribution in [3.05, 3.63) is 54.4 Å². The van der Waals surface area contributed by atoms with Crippen LogP contribution in [-0.4, -0.2) is 28.1 Å². The van der Waals surface area contributed by atoms with Crippen molar-refractivity contribution in [3.8, 4) is 11.4 Å². The van der Waals surface area contributed by atoms with Crippen LogP contribution in [0.15, 0.2) is 63.1 Å². The number of hydrogen-bond donors (Lipinski definition) is 1. The van der Waals surface area contributed by atoms with Gasteiger partial charge in [0.2, 0.25) is 21.7 Å². The topological polar surface area (TPSA) is 117 Å². The second-order valence-corrected chi connectivity index (χ2v) is 9.69. The van der Waals surface area contributed by atoms with Crippen LogP contribution in [0, 0.1) is 0 Å². The highest BCUT2D eigenvalue weighted by molar-refractivity contribution is 7.99. The number of imidazole rings is 1. The van der Waals surface area contributed by atoms with Crippen molar-refractivity contribution in [1.82, 2.24) is 19.7 Å². The maximum absolute atomic E-state index is 11.7. The molecule has 0 aliphatic heterocycles. The zero-order valence-corrected chi connectivity index (χ0v) is 18.2. The number of fused-ring (bicyclic) bond motifs is 1. The fraction of sp³-hybridized carbons (Fsp3) is 0.250. The highest BCUT2D eigenvalue weighted by Gasteiger charge is 2.21. The van der Waals surface area contributed by atoms with Gasteiger partial charge in [-0.15, -0.1) is 0 Å². The molecule has 0 saturated carbocycles. The van der Waals surface area contributed by atoms with Gasteiger partial charge in [-0.1, -0.05) is 54.2 Å². The summed E-state index contributed by atoms with van der Waals surface area (Å²) in [4.78, 5) is 9.22. The number of aryl methyl sites for hydroxylation is 1. The van der Waals surface area contributed by atoms with Crippen LogP contribution in [0.3, 0.4) is 0 Å². The van der Waals surface area contributed by atoms with Crippen LogP contribution in [-0.2, 0) is 16.6 Å². The molecule has 1 atom stereocenters. The van der Waals surface area contributed by atoms with E-state index in [1.807, 2.05) is 37.3 Å². The Morgan fingerprint density at radius 3 is 2.63 bits per heavy atom. The number of nitrogens with two attached hydrogens (primary N) is 1. The maximum Gasteiger partial charge on any atom is 0.240 e. The lowest BCUT2D eigenvalue weighted by Gasteiger charge is -2.09. The Bertz CT molecular complexity index is 1280. The monoisotopic (exact) mass is 443 g/mol. The Kier molecular flexibility index (Phi) is 5.63. The Morgan fingerprint density at radius 1 is 1.17 bits per heavy atom. The average molecular weight is 444 g/mol. The predicted molar refractivity (Wildman–Crippen MR) is 115 cm³/mol. The highest BCUT2D eigenvalue weighted by atomic mass is 32.2. The standard InChI is InChI=1S/C20H21N5O3S2/c1-3-11-25-17-10-9-15(30(21,26)27)12-16(17)22-20(25)29-13(2)19-23-18(24-28-19)14-7-5-4-6-8-14/h4-10,12-13H,3,11H2,1-2H3,(H2,21,26,27). The van der Waals surface area contributed by atoms with Crippen LogP contribution < -0.4 is 5.14 Å². The Balaban J connectivity index is 1.65. The van der Waals surface area contributed by atoms with E-state index in [2.05, 4.69) is 26.6 Å². The smallest absolute Gasteiger partial charge is 0.240 e. The molecule has 0 fully saturated rings. The largest absolute Gasteiger partial charge is 0.338 e. The molecule has 1 unspecified atom stereocenters. The van der Waals surface area contributed by atoms with Crippen LogP contribution in [0.25, 0.3) is 22.4 Å². The third kappa shape index (κ3) is 4.11. The number of aromatic nitrogens is 4. The molecule has 8 nitrogen and oxygen atoms in total. The summed E-state index contributed by atoms with van der Waals surface area (Å²) in [5, 5.41) is 9.96. The molecule has 0 bridgehead atoms. The quantitative estimate of drug-likeness (QED) is 0.429. The molecule has 4 aromatic rings. The first kappa shape index (κ1) is 20.6. The molecule has 2 N–H and O–H groups in total. The van der Waals surface area contributed by atoms with E-state index in [1.54, 1.807) is 6.07 Å². The molecule has 10 heteroatoms. The number of rotatable bonds is 7. The normalized spacial score (nSPS) is 13.0. The molecule has 4 rings (SSSR count). The number of hydrogen-bond acceptors (Lipinski definition) is 7. The molecule has 0 radical (unpaired) electrons. The van der Waals surface area contributed by atoms with Gasteiger partial charge in [-0.3, -0.25) is 0 Å². The summed E-state index contributed by atoms with van der Waals surface area (Å²) in [5.74, 6) is 1.04. The van der Waals surface area contributed by atoms with E-state index < -0.39 is 10.0 Å². The average Bonchev–Trinajstić information content (AvgIpc) is 3.34. The molecule has 2 aromatic carbocycles. The van der Waals surface area contributed by atoms with Crippen molar-refractivity contribution in [2.75, 3.05) is 0 Å². The molecule has 2 aromatic heterocycles. The minimum absolute atomic E-state index is 0.0464. The second kappa shape index (κ2) is 8.21. The first-order chi connectivity index (χ1) is 14.4. The molecule has 0 aliphatic carbocycles. The molecule has 0 saturated heterocycles. The van der Waals surface area contributed by atoms with Gasteiger partial charge in [0, 0.05) is 12.1 Å². The summed E-state index contributed by atoms with van der Waals surface area (Å²) in [6.45, 7) is 4.80. The molecular formula is C20H21N5O3S2. The van der Waals surface area contributed by atoms with Crippen LogP contribution in [0.1, 0.15) is 31.4 Å². The predicted octanol–water partition coefficient (Wildman–Crippen LogP) is 4.00. The van der Waals surface area contributed by atoms with Gasteiger partial charge in [-0.25, -0.2) is 18.5 Å². The second-order valence-electron chi connectivity index (χ2n) is 6.82. The minimum Gasteiger partial charge on any atom is -0.338 e. The third-order valence-corrected chi connectivity index (χ3v) is 6.55.